The first-order valence-electron chi connectivity index (χ1n) is 10.5. The maximum absolute atomic E-state index is 9.55. The summed E-state index contributed by atoms with van der Waals surface area (Å²) in [6, 6.07) is 19.1. The second-order valence-electron chi connectivity index (χ2n) is 7.83. The zero-order valence-corrected chi connectivity index (χ0v) is 19.2. The van der Waals surface area contributed by atoms with Crippen LogP contribution < -0.4 is 0 Å². The van der Waals surface area contributed by atoms with Crippen molar-refractivity contribution in [1.82, 2.24) is 4.90 Å². The fourth-order valence-electron chi connectivity index (χ4n) is 3.74. The summed E-state index contributed by atoms with van der Waals surface area (Å²) in [5.41, 5.74) is 1.85. The molecule has 0 radical (unpaired) electrons. The molecule has 172 valence electrons. The van der Waals surface area contributed by atoms with Crippen LogP contribution in [0.5, 0.6) is 0 Å². The molecule has 0 unspecified atom stereocenters. The van der Waals surface area contributed by atoms with Gasteiger partial charge in [0.1, 0.15) is 5.60 Å². The molecule has 6 nitrogen and oxygen atoms in total. The number of rotatable bonds is 8. The van der Waals surface area contributed by atoms with Gasteiger partial charge in [-0.3, -0.25) is 0 Å². The zero-order valence-electron chi connectivity index (χ0n) is 18.4. The molecule has 1 fully saturated rings. The Hall–Kier alpha value is -2.67. The average molecular weight is 460 g/mol. The molecule has 1 heterocycles. The standard InChI is InChI=1S/C21H26ClNO.C4H4O4/c1-21(17-7-4-3-5-8-17,18-10-12-19(22)13-11-18)24-16-14-20-9-6-15-23(20)2;5-3(6)1-2-4(7)8/h3-5,7-8,10-13,20H,6,9,14-16H2,1-2H3;1-2H,(H,5,6)(H,7,8)/b;2-1+/t20-,21+;/m1./s1. The first-order chi connectivity index (χ1) is 15.2. The van der Waals surface area contributed by atoms with E-state index in [2.05, 4.69) is 55.3 Å². The van der Waals surface area contributed by atoms with Crippen molar-refractivity contribution >= 4 is 23.5 Å². The largest absolute Gasteiger partial charge is 0.478 e. The molecule has 2 N–H and O–H groups in total. The van der Waals surface area contributed by atoms with Gasteiger partial charge in [0.15, 0.2) is 0 Å². The minimum atomic E-state index is -1.26. The highest BCUT2D eigenvalue weighted by atomic mass is 35.5. The van der Waals surface area contributed by atoms with Crippen LogP contribution in [0.4, 0.5) is 0 Å². The Morgan fingerprint density at radius 3 is 2.12 bits per heavy atom. The quantitative estimate of drug-likeness (QED) is 0.550. The molecule has 1 saturated heterocycles. The van der Waals surface area contributed by atoms with Crippen molar-refractivity contribution in [3.05, 3.63) is 82.9 Å². The summed E-state index contributed by atoms with van der Waals surface area (Å²) >= 11 is 6.07. The molecule has 32 heavy (non-hydrogen) atoms. The number of hydrogen-bond acceptors (Lipinski definition) is 4. The summed E-state index contributed by atoms with van der Waals surface area (Å²) in [5, 5.41) is 16.4. The van der Waals surface area contributed by atoms with Gasteiger partial charge in [-0.05, 0) is 63.0 Å². The van der Waals surface area contributed by atoms with Crippen molar-refractivity contribution in [3.63, 3.8) is 0 Å². The molecule has 2 aromatic carbocycles. The zero-order chi connectivity index (χ0) is 23.6. The molecule has 0 saturated carbocycles. The minimum Gasteiger partial charge on any atom is -0.478 e. The van der Waals surface area contributed by atoms with Crippen molar-refractivity contribution in [3.8, 4) is 0 Å². The summed E-state index contributed by atoms with van der Waals surface area (Å²) in [4.78, 5) is 21.6. The van der Waals surface area contributed by atoms with E-state index in [-0.39, 0.29) is 0 Å². The summed E-state index contributed by atoms with van der Waals surface area (Å²) < 4.78 is 6.48. The maximum atomic E-state index is 9.55. The highest BCUT2D eigenvalue weighted by Gasteiger charge is 2.30. The second-order valence-corrected chi connectivity index (χ2v) is 8.27. The lowest BCUT2D eigenvalue weighted by molar-refractivity contribution is -0.134. The third-order valence-corrected chi connectivity index (χ3v) is 5.85. The van der Waals surface area contributed by atoms with Crippen molar-refractivity contribution in [2.24, 2.45) is 0 Å². The lowest BCUT2D eigenvalue weighted by Gasteiger charge is -2.32. The second kappa shape index (κ2) is 12.4. The summed E-state index contributed by atoms with van der Waals surface area (Å²) in [5.74, 6) is -2.51. The fraction of sp³-hybridized carbons (Fsp3) is 0.360. The molecule has 0 spiro atoms. The van der Waals surface area contributed by atoms with Crippen LogP contribution in [0.25, 0.3) is 0 Å². The van der Waals surface area contributed by atoms with E-state index in [4.69, 9.17) is 26.6 Å². The Morgan fingerprint density at radius 1 is 1.06 bits per heavy atom. The first-order valence-corrected chi connectivity index (χ1v) is 10.9. The molecular weight excluding hydrogens is 430 g/mol. The number of carboxylic acid groups (broad SMARTS) is 2. The lowest BCUT2D eigenvalue weighted by atomic mass is 9.88. The Bertz CT molecular complexity index is 884. The SMILES string of the molecule is CN1CCC[C@@H]1CCO[C@@](C)(c1ccccc1)c1ccc(Cl)cc1.O=C(O)/C=C/C(=O)O. The molecule has 0 aromatic heterocycles. The number of nitrogens with zero attached hydrogens (tertiary/aromatic N) is 1. The van der Waals surface area contributed by atoms with Crippen molar-refractivity contribution in [2.45, 2.75) is 37.8 Å². The van der Waals surface area contributed by atoms with Crippen molar-refractivity contribution < 1.29 is 24.5 Å². The Balaban J connectivity index is 0.000000390. The Labute approximate surface area is 194 Å². The molecule has 1 aliphatic rings. The van der Waals surface area contributed by atoms with E-state index >= 15 is 0 Å². The van der Waals surface area contributed by atoms with Gasteiger partial charge in [-0.15, -0.1) is 0 Å². The molecule has 0 aliphatic carbocycles. The van der Waals surface area contributed by atoms with E-state index in [0.29, 0.717) is 18.2 Å². The van der Waals surface area contributed by atoms with Crippen LogP contribution in [0.3, 0.4) is 0 Å². The predicted octanol–water partition coefficient (Wildman–Crippen LogP) is 4.82. The normalized spacial score (nSPS) is 18.0. The van der Waals surface area contributed by atoms with E-state index < -0.39 is 17.5 Å². The van der Waals surface area contributed by atoms with Gasteiger partial charge in [-0.25, -0.2) is 9.59 Å². The van der Waals surface area contributed by atoms with Crippen LogP contribution in [0.15, 0.2) is 66.7 Å². The van der Waals surface area contributed by atoms with Gasteiger partial charge in [0.25, 0.3) is 0 Å². The van der Waals surface area contributed by atoms with Gasteiger partial charge < -0.3 is 19.8 Å². The molecule has 1 aliphatic heterocycles. The van der Waals surface area contributed by atoms with Gasteiger partial charge in [-0.1, -0.05) is 54.1 Å². The first kappa shape index (κ1) is 25.6. The Morgan fingerprint density at radius 2 is 1.62 bits per heavy atom. The number of likely N-dealkylation sites (tertiary alicyclic amines) is 1. The molecule has 0 amide bonds. The topological polar surface area (TPSA) is 87.1 Å². The highest BCUT2D eigenvalue weighted by Crippen LogP contribution is 2.34. The average Bonchev–Trinajstić information content (AvgIpc) is 3.18. The molecule has 2 aromatic rings. The van der Waals surface area contributed by atoms with E-state index in [1.807, 2.05) is 18.2 Å². The third kappa shape index (κ3) is 7.79. The van der Waals surface area contributed by atoms with Crippen LogP contribution >= 0.6 is 11.6 Å². The van der Waals surface area contributed by atoms with Crippen molar-refractivity contribution in [2.75, 3.05) is 20.2 Å². The summed E-state index contributed by atoms with van der Waals surface area (Å²) in [6.07, 6.45) is 4.77. The number of ether oxygens (including phenoxy) is 1. The van der Waals surface area contributed by atoms with Crippen LogP contribution in [-0.2, 0) is 19.9 Å². The predicted molar refractivity (Wildman–Crippen MR) is 125 cm³/mol. The molecular formula is C25H30ClNO5. The maximum Gasteiger partial charge on any atom is 0.328 e. The van der Waals surface area contributed by atoms with Crippen LogP contribution in [0.2, 0.25) is 5.02 Å². The van der Waals surface area contributed by atoms with Gasteiger partial charge in [0.05, 0.1) is 0 Å². The van der Waals surface area contributed by atoms with Gasteiger partial charge in [0.2, 0.25) is 0 Å². The number of halogens is 1. The number of carboxylic acids is 2. The minimum absolute atomic E-state index is 0.455. The lowest BCUT2D eigenvalue weighted by Crippen LogP contribution is -2.31. The van der Waals surface area contributed by atoms with Crippen molar-refractivity contribution in [1.29, 1.82) is 0 Å². The highest BCUT2D eigenvalue weighted by molar-refractivity contribution is 6.30. The number of aliphatic carboxylic acids is 2. The van der Waals surface area contributed by atoms with Gasteiger partial charge in [0, 0.05) is 29.8 Å². The number of hydrogen-bond donors (Lipinski definition) is 2. The third-order valence-electron chi connectivity index (χ3n) is 5.60. The molecule has 3 rings (SSSR count). The van der Waals surface area contributed by atoms with Crippen LogP contribution in [0, 0.1) is 0 Å². The van der Waals surface area contributed by atoms with Crippen LogP contribution in [-0.4, -0.2) is 53.3 Å². The molecule has 0 bridgehead atoms. The van der Waals surface area contributed by atoms with E-state index in [0.717, 1.165) is 23.6 Å². The molecule has 7 heteroatoms. The fourth-order valence-corrected chi connectivity index (χ4v) is 3.87. The number of carbonyl (C=O) groups is 2. The van der Waals surface area contributed by atoms with E-state index in [1.54, 1.807) is 0 Å². The summed E-state index contributed by atoms with van der Waals surface area (Å²) in [6.45, 7) is 4.12. The smallest absolute Gasteiger partial charge is 0.328 e. The van der Waals surface area contributed by atoms with Gasteiger partial charge in [-0.2, -0.15) is 0 Å². The summed E-state index contributed by atoms with van der Waals surface area (Å²) in [7, 11) is 2.22. The van der Waals surface area contributed by atoms with Crippen LogP contribution in [0.1, 0.15) is 37.3 Å². The van der Waals surface area contributed by atoms with Gasteiger partial charge >= 0.3 is 11.9 Å². The number of benzene rings is 2. The monoisotopic (exact) mass is 459 g/mol. The van der Waals surface area contributed by atoms with E-state index in [9.17, 15) is 9.59 Å². The molecule has 2 atom stereocenters. The Kier molecular flexibility index (Phi) is 9.91. The van der Waals surface area contributed by atoms with E-state index in [1.165, 1.54) is 24.9 Å².